The third-order valence-electron chi connectivity index (χ3n) is 5.49. The number of non-ortho nitro benzene ring substituents is 1. The van der Waals surface area contributed by atoms with E-state index in [9.17, 15) is 19.7 Å². The fraction of sp³-hybridized carbons (Fsp3) is 0.111. The number of Topliss-reactive ketones (excluding diaryl/α,β-unsaturated/α-hetero) is 2. The van der Waals surface area contributed by atoms with E-state index in [1.807, 2.05) is 6.07 Å². The third-order valence-corrected chi connectivity index (χ3v) is 5.49. The zero-order valence-corrected chi connectivity index (χ0v) is 18.4. The van der Waals surface area contributed by atoms with Gasteiger partial charge in [-0.3, -0.25) is 19.7 Å². The molecule has 34 heavy (non-hydrogen) atoms. The molecule has 0 heterocycles. The second-order valence-corrected chi connectivity index (χ2v) is 7.68. The second kappa shape index (κ2) is 9.54. The Balaban J connectivity index is 1.65. The lowest BCUT2D eigenvalue weighted by atomic mass is 10.0. The molecule has 3 aromatic carbocycles. The van der Waals surface area contributed by atoms with Gasteiger partial charge < -0.3 is 9.47 Å². The van der Waals surface area contributed by atoms with Crippen LogP contribution in [0.4, 0.5) is 5.69 Å². The van der Waals surface area contributed by atoms with E-state index in [1.54, 1.807) is 54.6 Å². The fourth-order valence-electron chi connectivity index (χ4n) is 3.83. The standard InChI is InChI=1S/C27H21NO6/c1-3-6-19-13-18(14-23-25(29)21-7-4-5-8-22(21)26(23)30)15-24(33-2)27(19)34-16-17-9-11-20(12-10-17)28(31)32/h3-5,7-15H,1,6,16H2,2H3. The number of nitro benzene ring substituents is 1. The van der Waals surface area contributed by atoms with Crippen molar-refractivity contribution in [3.8, 4) is 11.5 Å². The Morgan fingerprint density at radius 2 is 1.65 bits per heavy atom. The van der Waals surface area contributed by atoms with Crippen molar-refractivity contribution in [1.82, 2.24) is 0 Å². The summed E-state index contributed by atoms with van der Waals surface area (Å²) in [6.07, 6.45) is 3.75. The maximum absolute atomic E-state index is 12.8. The van der Waals surface area contributed by atoms with Gasteiger partial charge in [-0.15, -0.1) is 6.58 Å². The first-order chi connectivity index (χ1) is 16.4. The van der Waals surface area contributed by atoms with Crippen LogP contribution in [0, 0.1) is 10.1 Å². The molecule has 170 valence electrons. The van der Waals surface area contributed by atoms with Crippen LogP contribution in [0.25, 0.3) is 6.08 Å². The maximum atomic E-state index is 12.8. The van der Waals surface area contributed by atoms with Crippen molar-refractivity contribution in [1.29, 1.82) is 0 Å². The van der Waals surface area contributed by atoms with Gasteiger partial charge in [-0.1, -0.05) is 30.3 Å². The van der Waals surface area contributed by atoms with E-state index < -0.39 is 4.92 Å². The van der Waals surface area contributed by atoms with Gasteiger partial charge in [-0.2, -0.15) is 0 Å². The Kier molecular flexibility index (Phi) is 6.36. The zero-order chi connectivity index (χ0) is 24.2. The van der Waals surface area contributed by atoms with Crippen LogP contribution in [-0.4, -0.2) is 23.6 Å². The number of rotatable bonds is 8. The molecule has 1 aliphatic rings. The minimum Gasteiger partial charge on any atom is -0.493 e. The number of methoxy groups -OCH3 is 1. The van der Waals surface area contributed by atoms with Crippen LogP contribution >= 0.6 is 0 Å². The first kappa shape index (κ1) is 22.7. The van der Waals surface area contributed by atoms with Gasteiger partial charge in [0.15, 0.2) is 23.1 Å². The van der Waals surface area contributed by atoms with Gasteiger partial charge in [-0.25, -0.2) is 0 Å². The molecule has 0 saturated carbocycles. The molecule has 0 fully saturated rings. The number of nitro groups is 1. The van der Waals surface area contributed by atoms with Crippen LogP contribution in [-0.2, 0) is 13.0 Å². The van der Waals surface area contributed by atoms with Crippen molar-refractivity contribution in [2.24, 2.45) is 0 Å². The lowest BCUT2D eigenvalue weighted by Crippen LogP contribution is -2.03. The highest BCUT2D eigenvalue weighted by molar-refractivity contribution is 6.41. The third kappa shape index (κ3) is 4.36. The molecule has 0 saturated heterocycles. The highest BCUT2D eigenvalue weighted by Gasteiger charge is 2.32. The molecule has 7 heteroatoms. The first-order valence-corrected chi connectivity index (χ1v) is 10.5. The number of nitrogens with zero attached hydrogens (tertiary/aromatic N) is 1. The number of carbonyl (C=O) groups excluding carboxylic acids is 2. The fourth-order valence-corrected chi connectivity index (χ4v) is 3.83. The molecular weight excluding hydrogens is 434 g/mol. The number of hydrogen-bond acceptors (Lipinski definition) is 6. The van der Waals surface area contributed by atoms with Gasteiger partial charge in [0, 0.05) is 28.8 Å². The van der Waals surface area contributed by atoms with Gasteiger partial charge in [0.05, 0.1) is 17.6 Å². The van der Waals surface area contributed by atoms with Crippen molar-refractivity contribution < 1.29 is 24.0 Å². The minimum absolute atomic E-state index is 0.00391. The molecule has 3 aromatic rings. The van der Waals surface area contributed by atoms with Gasteiger partial charge in [0.1, 0.15) is 6.61 Å². The maximum Gasteiger partial charge on any atom is 0.269 e. The summed E-state index contributed by atoms with van der Waals surface area (Å²) < 4.78 is 11.6. The SMILES string of the molecule is C=CCc1cc(C=C2C(=O)c3ccccc3C2=O)cc(OC)c1OCc1ccc([N+](=O)[O-])cc1. The second-order valence-electron chi connectivity index (χ2n) is 7.68. The highest BCUT2D eigenvalue weighted by atomic mass is 16.6. The summed E-state index contributed by atoms with van der Waals surface area (Å²) in [4.78, 5) is 35.9. The Hall–Kier alpha value is -4.52. The average molecular weight is 455 g/mol. The number of hydrogen-bond donors (Lipinski definition) is 0. The molecule has 0 atom stereocenters. The lowest BCUT2D eigenvalue weighted by molar-refractivity contribution is -0.384. The van der Waals surface area contributed by atoms with Gasteiger partial charge in [0.25, 0.3) is 5.69 Å². The number of fused-ring (bicyclic) bond motifs is 1. The van der Waals surface area contributed by atoms with Crippen LogP contribution < -0.4 is 9.47 Å². The first-order valence-electron chi connectivity index (χ1n) is 10.5. The number of ketones is 2. The zero-order valence-electron chi connectivity index (χ0n) is 18.4. The van der Waals surface area contributed by atoms with E-state index in [0.717, 1.165) is 11.1 Å². The lowest BCUT2D eigenvalue weighted by Gasteiger charge is -2.16. The Morgan fingerprint density at radius 1 is 1.00 bits per heavy atom. The molecule has 4 rings (SSSR count). The number of carbonyl (C=O) groups is 2. The summed E-state index contributed by atoms with van der Waals surface area (Å²) in [5.74, 6) is 0.324. The number of allylic oxidation sites excluding steroid dienone is 2. The molecule has 0 bridgehead atoms. The van der Waals surface area contributed by atoms with Crippen molar-refractivity contribution in [3.05, 3.63) is 117 Å². The molecule has 0 aliphatic heterocycles. The molecule has 0 radical (unpaired) electrons. The van der Waals surface area contributed by atoms with Crippen molar-refractivity contribution in [3.63, 3.8) is 0 Å². The van der Waals surface area contributed by atoms with E-state index in [0.29, 0.717) is 34.6 Å². The minimum atomic E-state index is -0.457. The van der Waals surface area contributed by atoms with Gasteiger partial charge >= 0.3 is 0 Å². The summed E-state index contributed by atoms with van der Waals surface area (Å²) in [6, 6.07) is 16.4. The summed E-state index contributed by atoms with van der Waals surface area (Å²) in [6.45, 7) is 3.97. The predicted octanol–water partition coefficient (Wildman–Crippen LogP) is 5.37. The molecule has 1 aliphatic carbocycles. The summed E-state index contributed by atoms with van der Waals surface area (Å²) in [7, 11) is 1.50. The normalized spacial score (nSPS) is 12.3. The predicted molar refractivity (Wildman–Crippen MR) is 127 cm³/mol. The largest absolute Gasteiger partial charge is 0.493 e. The van der Waals surface area contributed by atoms with E-state index >= 15 is 0 Å². The van der Waals surface area contributed by atoms with Crippen molar-refractivity contribution in [2.75, 3.05) is 7.11 Å². The van der Waals surface area contributed by atoms with Crippen molar-refractivity contribution in [2.45, 2.75) is 13.0 Å². The van der Waals surface area contributed by atoms with E-state index in [2.05, 4.69) is 6.58 Å². The molecule has 0 amide bonds. The molecule has 0 N–H and O–H groups in total. The number of ether oxygens (including phenoxy) is 2. The quantitative estimate of drug-likeness (QED) is 0.149. The van der Waals surface area contributed by atoms with E-state index in [1.165, 1.54) is 19.2 Å². The summed E-state index contributed by atoms with van der Waals surface area (Å²) in [5.41, 5.74) is 3.06. The summed E-state index contributed by atoms with van der Waals surface area (Å²) >= 11 is 0. The van der Waals surface area contributed by atoms with E-state index in [4.69, 9.17) is 9.47 Å². The van der Waals surface area contributed by atoms with Crippen LogP contribution in [0.15, 0.2) is 78.9 Å². The van der Waals surface area contributed by atoms with Crippen LogP contribution in [0.2, 0.25) is 0 Å². The molecular formula is C27H21NO6. The number of benzene rings is 3. The van der Waals surface area contributed by atoms with Crippen molar-refractivity contribution >= 4 is 23.3 Å². The molecule has 0 aromatic heterocycles. The van der Waals surface area contributed by atoms with Gasteiger partial charge in [0.2, 0.25) is 0 Å². The van der Waals surface area contributed by atoms with Crippen LogP contribution in [0.5, 0.6) is 11.5 Å². The summed E-state index contributed by atoms with van der Waals surface area (Å²) in [5, 5.41) is 10.9. The highest BCUT2D eigenvalue weighted by Crippen LogP contribution is 2.36. The molecule has 7 nitrogen and oxygen atoms in total. The smallest absolute Gasteiger partial charge is 0.269 e. The van der Waals surface area contributed by atoms with Gasteiger partial charge in [-0.05, 0) is 47.9 Å². The Morgan fingerprint density at radius 3 is 2.21 bits per heavy atom. The monoisotopic (exact) mass is 455 g/mol. The molecule has 0 spiro atoms. The Bertz CT molecular complexity index is 1300. The molecule has 0 unspecified atom stereocenters. The van der Waals surface area contributed by atoms with Crippen LogP contribution in [0.1, 0.15) is 37.4 Å². The Labute approximate surface area is 196 Å². The van der Waals surface area contributed by atoms with E-state index in [-0.39, 0.29) is 29.4 Å². The average Bonchev–Trinajstić information content (AvgIpc) is 3.08. The topological polar surface area (TPSA) is 95.7 Å². The van der Waals surface area contributed by atoms with Crippen LogP contribution in [0.3, 0.4) is 0 Å².